The van der Waals surface area contributed by atoms with E-state index in [4.69, 9.17) is 0 Å². The highest BCUT2D eigenvalue weighted by atomic mass is 16.2. The molecule has 1 amide bonds. The first-order valence-corrected chi connectivity index (χ1v) is 7.83. The van der Waals surface area contributed by atoms with E-state index in [-0.39, 0.29) is 17.4 Å². The largest absolute Gasteiger partial charge is 0.338 e. The number of carbonyl (C=O) groups excluding carboxylic acids is 1. The topological polar surface area (TPSA) is 51.0 Å². The second-order valence-electron chi connectivity index (χ2n) is 6.95. The predicted octanol–water partition coefficient (Wildman–Crippen LogP) is 2.85. The molecule has 5 nitrogen and oxygen atoms in total. The minimum Gasteiger partial charge on any atom is -0.338 e. The Balaban J connectivity index is 2.00. The molecule has 2 aromatic heterocycles. The molecule has 5 heteroatoms. The minimum absolute atomic E-state index is 0.0516. The number of hydrogen-bond acceptors (Lipinski definition) is 3. The van der Waals surface area contributed by atoms with Crippen LogP contribution >= 0.6 is 0 Å². The summed E-state index contributed by atoms with van der Waals surface area (Å²) in [5, 5.41) is 5.34. The predicted molar refractivity (Wildman–Crippen MR) is 86.9 cm³/mol. The van der Waals surface area contributed by atoms with E-state index in [2.05, 4.69) is 23.9 Å². The zero-order valence-corrected chi connectivity index (χ0v) is 14.3. The van der Waals surface area contributed by atoms with Gasteiger partial charge in [0.1, 0.15) is 0 Å². The lowest BCUT2D eigenvalue weighted by molar-refractivity contribution is 0.0683. The Morgan fingerprint density at radius 3 is 2.59 bits per heavy atom. The van der Waals surface area contributed by atoms with Crippen molar-refractivity contribution in [3.05, 3.63) is 23.0 Å². The Hall–Kier alpha value is -1.91. The van der Waals surface area contributed by atoms with Crippen LogP contribution in [0.4, 0.5) is 0 Å². The van der Waals surface area contributed by atoms with Gasteiger partial charge in [0.25, 0.3) is 5.91 Å². The van der Waals surface area contributed by atoms with Gasteiger partial charge in [0, 0.05) is 25.5 Å². The minimum atomic E-state index is 0.0516. The van der Waals surface area contributed by atoms with Gasteiger partial charge < -0.3 is 4.90 Å². The molecule has 0 saturated heterocycles. The van der Waals surface area contributed by atoms with Crippen molar-refractivity contribution in [1.29, 1.82) is 0 Å². The Kier molecular flexibility index (Phi) is 3.27. The molecule has 1 atom stereocenters. The van der Waals surface area contributed by atoms with Gasteiger partial charge in [0.15, 0.2) is 5.65 Å². The van der Waals surface area contributed by atoms with E-state index in [1.807, 2.05) is 38.9 Å². The highest BCUT2D eigenvalue weighted by Crippen LogP contribution is 2.49. The van der Waals surface area contributed by atoms with Gasteiger partial charge in [-0.2, -0.15) is 5.10 Å². The van der Waals surface area contributed by atoms with Crippen LogP contribution in [0.3, 0.4) is 0 Å². The molecule has 0 N–H and O–H groups in total. The van der Waals surface area contributed by atoms with Crippen LogP contribution in [0.15, 0.2) is 6.07 Å². The molecule has 1 fully saturated rings. The lowest BCUT2D eigenvalue weighted by atomic mass is 9.98. The van der Waals surface area contributed by atoms with Crippen molar-refractivity contribution in [1.82, 2.24) is 19.7 Å². The van der Waals surface area contributed by atoms with Gasteiger partial charge in [0.05, 0.1) is 17.0 Å². The van der Waals surface area contributed by atoms with Gasteiger partial charge in [-0.3, -0.25) is 9.48 Å². The van der Waals surface area contributed by atoms with E-state index >= 15 is 0 Å². The monoisotopic (exact) mass is 300 g/mol. The van der Waals surface area contributed by atoms with E-state index in [9.17, 15) is 4.79 Å². The third-order valence-corrected chi connectivity index (χ3v) is 5.37. The van der Waals surface area contributed by atoms with Crippen LogP contribution in [0.25, 0.3) is 11.0 Å². The van der Waals surface area contributed by atoms with Crippen molar-refractivity contribution in [2.75, 3.05) is 7.05 Å². The first kappa shape index (κ1) is 15.0. The van der Waals surface area contributed by atoms with Gasteiger partial charge in [-0.05, 0) is 45.1 Å². The normalized spacial score (nSPS) is 17.5. The zero-order chi connectivity index (χ0) is 16.2. The average Bonchev–Trinajstić information content (AvgIpc) is 3.17. The van der Waals surface area contributed by atoms with E-state index < -0.39 is 0 Å². The SMILES string of the molecule is Cc1nc2c(cc1C(=O)N(C)C(C)C1(C)CC1)c(C)nn2C. The van der Waals surface area contributed by atoms with E-state index in [0.29, 0.717) is 5.56 Å². The molecule has 0 bridgehead atoms. The van der Waals surface area contributed by atoms with Gasteiger partial charge in [-0.25, -0.2) is 4.98 Å². The van der Waals surface area contributed by atoms with Crippen molar-refractivity contribution in [2.45, 2.75) is 46.6 Å². The zero-order valence-electron chi connectivity index (χ0n) is 14.3. The van der Waals surface area contributed by atoms with Gasteiger partial charge in [0.2, 0.25) is 0 Å². The molecule has 0 aromatic carbocycles. The van der Waals surface area contributed by atoms with Crippen LogP contribution in [0.5, 0.6) is 0 Å². The number of rotatable bonds is 3. The first-order chi connectivity index (χ1) is 10.2. The second kappa shape index (κ2) is 4.80. The fraction of sp³-hybridized carbons (Fsp3) is 0.588. The molecule has 1 unspecified atom stereocenters. The number of amides is 1. The number of fused-ring (bicyclic) bond motifs is 1. The van der Waals surface area contributed by atoms with Crippen molar-refractivity contribution >= 4 is 16.9 Å². The molecule has 1 aliphatic carbocycles. The number of hydrogen-bond donors (Lipinski definition) is 0. The second-order valence-corrected chi connectivity index (χ2v) is 6.95. The van der Waals surface area contributed by atoms with Crippen LogP contribution in [-0.4, -0.2) is 38.7 Å². The molecule has 0 aliphatic heterocycles. The summed E-state index contributed by atoms with van der Waals surface area (Å²) in [6.07, 6.45) is 2.40. The van der Waals surface area contributed by atoms with E-state index in [1.54, 1.807) is 4.68 Å². The van der Waals surface area contributed by atoms with Crippen molar-refractivity contribution < 1.29 is 4.79 Å². The maximum atomic E-state index is 12.9. The molecule has 2 heterocycles. The smallest absolute Gasteiger partial charge is 0.255 e. The molecule has 1 saturated carbocycles. The van der Waals surface area contributed by atoms with Crippen LogP contribution in [0, 0.1) is 19.3 Å². The quantitative estimate of drug-likeness (QED) is 0.876. The lowest BCUT2D eigenvalue weighted by Crippen LogP contribution is -2.40. The third-order valence-electron chi connectivity index (χ3n) is 5.37. The standard InChI is InChI=1S/C17H24N4O/c1-10-14(9-13-11(2)19-21(6)15(13)18-10)16(22)20(5)12(3)17(4)7-8-17/h9,12H,7-8H2,1-6H3. The summed E-state index contributed by atoms with van der Waals surface area (Å²) in [6, 6.07) is 2.19. The summed E-state index contributed by atoms with van der Waals surface area (Å²) in [7, 11) is 3.78. The Morgan fingerprint density at radius 1 is 1.36 bits per heavy atom. The highest BCUT2D eigenvalue weighted by Gasteiger charge is 2.45. The van der Waals surface area contributed by atoms with Gasteiger partial charge in [-0.15, -0.1) is 0 Å². The Bertz CT molecular complexity index is 758. The summed E-state index contributed by atoms with van der Waals surface area (Å²) in [6.45, 7) is 8.24. The number of nitrogens with zero attached hydrogens (tertiary/aromatic N) is 4. The molecule has 2 aromatic rings. The molecular weight excluding hydrogens is 276 g/mol. The fourth-order valence-corrected chi connectivity index (χ4v) is 3.10. The summed E-state index contributed by atoms with van der Waals surface area (Å²) in [4.78, 5) is 19.4. The number of aryl methyl sites for hydroxylation is 3. The first-order valence-electron chi connectivity index (χ1n) is 7.83. The van der Waals surface area contributed by atoms with Crippen molar-refractivity contribution in [3.8, 4) is 0 Å². The molecule has 22 heavy (non-hydrogen) atoms. The van der Waals surface area contributed by atoms with E-state index in [1.165, 1.54) is 12.8 Å². The molecule has 0 spiro atoms. The highest BCUT2D eigenvalue weighted by molar-refractivity contribution is 5.98. The van der Waals surface area contributed by atoms with Crippen LogP contribution < -0.4 is 0 Å². The summed E-state index contributed by atoms with van der Waals surface area (Å²) < 4.78 is 1.77. The molecule has 0 radical (unpaired) electrons. The lowest BCUT2D eigenvalue weighted by Gasteiger charge is -2.30. The molecular formula is C17H24N4O. The number of carbonyl (C=O) groups is 1. The van der Waals surface area contributed by atoms with Gasteiger partial charge in [-0.1, -0.05) is 6.92 Å². The summed E-state index contributed by atoms with van der Waals surface area (Å²) >= 11 is 0. The fourth-order valence-electron chi connectivity index (χ4n) is 3.10. The van der Waals surface area contributed by atoms with E-state index in [0.717, 1.165) is 22.4 Å². The third kappa shape index (κ3) is 2.19. The maximum Gasteiger partial charge on any atom is 0.255 e. The molecule has 1 aliphatic rings. The van der Waals surface area contributed by atoms with Crippen molar-refractivity contribution in [2.24, 2.45) is 12.5 Å². The maximum absolute atomic E-state index is 12.9. The van der Waals surface area contributed by atoms with Crippen LogP contribution in [-0.2, 0) is 7.05 Å². The van der Waals surface area contributed by atoms with Crippen LogP contribution in [0.1, 0.15) is 48.4 Å². The average molecular weight is 300 g/mol. The summed E-state index contributed by atoms with van der Waals surface area (Å²) in [5.41, 5.74) is 3.46. The summed E-state index contributed by atoms with van der Waals surface area (Å²) in [5.74, 6) is 0.0516. The Labute approximate surface area is 131 Å². The Morgan fingerprint density at radius 2 is 2.00 bits per heavy atom. The van der Waals surface area contributed by atoms with Crippen LogP contribution in [0.2, 0.25) is 0 Å². The van der Waals surface area contributed by atoms with Crippen molar-refractivity contribution in [3.63, 3.8) is 0 Å². The number of aromatic nitrogens is 3. The van der Waals surface area contributed by atoms with Gasteiger partial charge >= 0.3 is 0 Å². The molecule has 118 valence electrons. The number of pyridine rings is 1. The molecule has 3 rings (SSSR count).